The molecule has 0 aliphatic carbocycles. The molecule has 0 spiro atoms. The summed E-state index contributed by atoms with van der Waals surface area (Å²) in [5.74, 6) is 0.868. The van der Waals surface area contributed by atoms with Crippen molar-refractivity contribution in [2.45, 2.75) is 13.2 Å². The number of nitrogens with zero attached hydrogens (tertiary/aromatic N) is 3. The van der Waals surface area contributed by atoms with Crippen LogP contribution in [0.2, 0.25) is 10.0 Å². The molecule has 0 bridgehead atoms. The number of quaternary nitrogens is 1. The molecule has 0 saturated carbocycles. The minimum absolute atomic E-state index is 0.572. The Morgan fingerprint density at radius 3 is 2.48 bits per heavy atom. The third-order valence-corrected chi connectivity index (χ3v) is 5.21. The van der Waals surface area contributed by atoms with Gasteiger partial charge in [0.15, 0.2) is 12.5 Å². The Balaban J connectivity index is 1.78. The Morgan fingerprint density at radius 1 is 1.08 bits per heavy atom. The van der Waals surface area contributed by atoms with Gasteiger partial charge in [-0.15, -0.1) is 5.10 Å². The first kappa shape index (κ1) is 18.1. The van der Waals surface area contributed by atoms with Gasteiger partial charge in [-0.1, -0.05) is 59.6 Å². The van der Waals surface area contributed by atoms with Crippen LogP contribution in [0.15, 0.2) is 48.5 Å². The highest BCUT2D eigenvalue weighted by atomic mass is 35.5. The molecule has 1 unspecified atom stereocenters. The van der Waals surface area contributed by atoms with Gasteiger partial charge in [-0.05, 0) is 24.4 Å². The SMILES string of the molecule is Cn1c(-c2ccccc2)nn(C[NH+](C)Cc2ccc(Cl)c(Cl)c2)c1=S. The van der Waals surface area contributed by atoms with Gasteiger partial charge in [-0.25, -0.2) is 0 Å². The van der Waals surface area contributed by atoms with Gasteiger partial charge in [0.25, 0.3) is 0 Å². The van der Waals surface area contributed by atoms with Gasteiger partial charge >= 0.3 is 0 Å². The van der Waals surface area contributed by atoms with Crippen LogP contribution in [0.25, 0.3) is 11.4 Å². The maximum Gasteiger partial charge on any atom is 0.202 e. The minimum Gasteiger partial charge on any atom is -0.315 e. The number of hydrogen-bond donors (Lipinski definition) is 1. The summed E-state index contributed by atoms with van der Waals surface area (Å²) in [6, 6.07) is 15.8. The van der Waals surface area contributed by atoms with Gasteiger partial charge in [0.05, 0.1) is 17.1 Å². The summed E-state index contributed by atoms with van der Waals surface area (Å²) in [4.78, 5) is 1.24. The summed E-state index contributed by atoms with van der Waals surface area (Å²) in [5.41, 5.74) is 2.18. The normalized spacial score (nSPS) is 12.3. The molecule has 1 aromatic heterocycles. The molecule has 0 amide bonds. The zero-order valence-corrected chi connectivity index (χ0v) is 16.4. The second kappa shape index (κ2) is 7.70. The predicted molar refractivity (Wildman–Crippen MR) is 105 cm³/mol. The van der Waals surface area contributed by atoms with Crippen molar-refractivity contribution in [1.29, 1.82) is 0 Å². The second-order valence-corrected chi connectivity index (χ2v) is 7.25. The number of aromatic nitrogens is 3. The van der Waals surface area contributed by atoms with Crippen LogP contribution in [0.4, 0.5) is 0 Å². The fourth-order valence-electron chi connectivity index (χ4n) is 2.74. The van der Waals surface area contributed by atoms with E-state index in [4.69, 9.17) is 40.5 Å². The molecule has 0 aliphatic heterocycles. The molecule has 4 nitrogen and oxygen atoms in total. The maximum absolute atomic E-state index is 6.10. The van der Waals surface area contributed by atoms with Crippen molar-refractivity contribution in [3.63, 3.8) is 0 Å². The van der Waals surface area contributed by atoms with E-state index in [0.29, 0.717) is 21.5 Å². The molecular weight excluding hydrogens is 375 g/mol. The van der Waals surface area contributed by atoms with E-state index in [1.807, 2.05) is 64.8 Å². The van der Waals surface area contributed by atoms with E-state index in [9.17, 15) is 0 Å². The molecule has 2 aromatic carbocycles. The van der Waals surface area contributed by atoms with Crippen molar-refractivity contribution in [1.82, 2.24) is 14.3 Å². The Kier molecular flexibility index (Phi) is 5.59. The number of hydrogen-bond acceptors (Lipinski definition) is 2. The smallest absolute Gasteiger partial charge is 0.202 e. The predicted octanol–water partition coefficient (Wildman–Crippen LogP) is 3.60. The van der Waals surface area contributed by atoms with Crippen LogP contribution in [0, 0.1) is 4.77 Å². The molecule has 7 heteroatoms. The lowest BCUT2D eigenvalue weighted by Crippen LogP contribution is -3.07. The van der Waals surface area contributed by atoms with Crippen molar-refractivity contribution in [2.75, 3.05) is 7.05 Å². The molecule has 25 heavy (non-hydrogen) atoms. The average molecular weight is 394 g/mol. The van der Waals surface area contributed by atoms with Crippen LogP contribution in [0.1, 0.15) is 5.56 Å². The molecule has 0 saturated heterocycles. The largest absolute Gasteiger partial charge is 0.315 e. The van der Waals surface area contributed by atoms with Crippen LogP contribution in [0.3, 0.4) is 0 Å². The number of halogens is 2. The molecule has 1 atom stereocenters. The van der Waals surface area contributed by atoms with E-state index in [-0.39, 0.29) is 0 Å². The Labute approximate surface area is 162 Å². The number of nitrogens with one attached hydrogen (secondary N) is 1. The van der Waals surface area contributed by atoms with Crippen LogP contribution in [-0.4, -0.2) is 21.4 Å². The van der Waals surface area contributed by atoms with E-state index in [2.05, 4.69) is 7.05 Å². The lowest BCUT2D eigenvalue weighted by molar-refractivity contribution is -0.917. The zero-order chi connectivity index (χ0) is 18.0. The topological polar surface area (TPSA) is 27.2 Å². The van der Waals surface area contributed by atoms with Crippen molar-refractivity contribution in [2.24, 2.45) is 7.05 Å². The fraction of sp³-hybridized carbons (Fsp3) is 0.222. The monoisotopic (exact) mass is 393 g/mol. The molecular formula is C18H19Cl2N4S+. The molecule has 1 N–H and O–H groups in total. The van der Waals surface area contributed by atoms with E-state index >= 15 is 0 Å². The Bertz CT molecular complexity index is 934. The summed E-state index contributed by atoms with van der Waals surface area (Å²) < 4.78 is 4.51. The molecule has 1 heterocycles. The summed E-state index contributed by atoms with van der Waals surface area (Å²) >= 11 is 17.6. The lowest BCUT2D eigenvalue weighted by Gasteiger charge is -2.14. The van der Waals surface area contributed by atoms with Crippen molar-refractivity contribution < 1.29 is 4.90 Å². The zero-order valence-electron chi connectivity index (χ0n) is 14.0. The van der Waals surface area contributed by atoms with E-state index in [1.54, 1.807) is 0 Å². The van der Waals surface area contributed by atoms with E-state index in [0.717, 1.165) is 23.5 Å². The molecule has 0 aliphatic rings. The fourth-order valence-corrected chi connectivity index (χ4v) is 3.25. The van der Waals surface area contributed by atoms with Gasteiger partial charge in [0.1, 0.15) is 6.54 Å². The first-order valence-electron chi connectivity index (χ1n) is 7.90. The lowest BCUT2D eigenvalue weighted by atomic mass is 10.2. The molecule has 3 rings (SSSR count). The van der Waals surface area contributed by atoms with Crippen LogP contribution in [0.5, 0.6) is 0 Å². The average Bonchev–Trinajstić information content (AvgIpc) is 2.87. The summed E-state index contributed by atoms with van der Waals surface area (Å²) in [7, 11) is 4.05. The van der Waals surface area contributed by atoms with Gasteiger partial charge in [-0.2, -0.15) is 4.68 Å². The van der Waals surface area contributed by atoms with Crippen molar-refractivity contribution >= 4 is 35.4 Å². The highest BCUT2D eigenvalue weighted by molar-refractivity contribution is 7.71. The van der Waals surface area contributed by atoms with Crippen LogP contribution < -0.4 is 4.90 Å². The third kappa shape index (κ3) is 4.12. The third-order valence-electron chi connectivity index (χ3n) is 3.98. The number of rotatable bonds is 5. The van der Waals surface area contributed by atoms with Gasteiger partial charge in [-0.3, -0.25) is 0 Å². The summed E-state index contributed by atoms with van der Waals surface area (Å²) in [5, 5.41) is 5.85. The summed E-state index contributed by atoms with van der Waals surface area (Å²) in [6.07, 6.45) is 0. The number of benzene rings is 2. The first-order valence-corrected chi connectivity index (χ1v) is 9.06. The van der Waals surface area contributed by atoms with E-state index in [1.165, 1.54) is 4.90 Å². The second-order valence-electron chi connectivity index (χ2n) is 6.07. The Hall–Kier alpha value is -1.66. The van der Waals surface area contributed by atoms with Crippen molar-refractivity contribution in [3.05, 3.63) is 68.9 Å². The van der Waals surface area contributed by atoms with Crippen LogP contribution >= 0.6 is 35.4 Å². The molecule has 0 fully saturated rings. The van der Waals surface area contributed by atoms with Crippen LogP contribution in [-0.2, 0) is 20.3 Å². The van der Waals surface area contributed by atoms with E-state index < -0.39 is 0 Å². The molecule has 0 radical (unpaired) electrons. The van der Waals surface area contributed by atoms with Crippen molar-refractivity contribution in [3.8, 4) is 11.4 Å². The van der Waals surface area contributed by atoms with Gasteiger partial charge < -0.3 is 9.47 Å². The molecule has 3 aromatic rings. The minimum atomic E-state index is 0.572. The van der Waals surface area contributed by atoms with Gasteiger partial charge in [0.2, 0.25) is 4.77 Å². The highest BCUT2D eigenvalue weighted by Crippen LogP contribution is 2.22. The standard InChI is InChI=1S/C18H18Cl2N4S/c1-22(11-13-8-9-15(19)16(20)10-13)12-24-18(25)23(2)17(21-24)14-6-4-3-5-7-14/h3-10H,11-12H2,1-2H3/p+1. The molecule has 130 valence electrons. The van der Waals surface area contributed by atoms with Gasteiger partial charge in [0, 0.05) is 18.2 Å². The first-order chi connectivity index (χ1) is 12.0. The Morgan fingerprint density at radius 2 is 1.80 bits per heavy atom. The summed E-state index contributed by atoms with van der Waals surface area (Å²) in [6.45, 7) is 1.47. The quantitative estimate of drug-likeness (QED) is 0.670. The maximum atomic E-state index is 6.10. The highest BCUT2D eigenvalue weighted by Gasteiger charge is 2.13.